The van der Waals surface area contributed by atoms with Crippen molar-refractivity contribution in [3.63, 3.8) is 0 Å². The minimum atomic E-state index is 0.312. The zero-order valence-electron chi connectivity index (χ0n) is 6.55. The average molecular weight is 148 g/mol. The molecule has 4 atom stereocenters. The molecule has 0 aromatic rings. The molecule has 0 heterocycles. The normalized spacial score (nSPS) is 52.7. The SMILES string of the molecule is C=C1C2CCC3CC(=O)C1C32. The lowest BCUT2D eigenvalue weighted by Gasteiger charge is -2.39. The van der Waals surface area contributed by atoms with Crippen LogP contribution in [0.4, 0.5) is 0 Å². The highest BCUT2D eigenvalue weighted by Crippen LogP contribution is 2.62. The summed E-state index contributed by atoms with van der Waals surface area (Å²) in [5.74, 6) is 3.04. The van der Waals surface area contributed by atoms with Crippen LogP contribution in [0.15, 0.2) is 12.2 Å². The topological polar surface area (TPSA) is 17.1 Å². The number of allylic oxidation sites excluding steroid dienone is 1. The maximum Gasteiger partial charge on any atom is 0.140 e. The van der Waals surface area contributed by atoms with E-state index in [1.165, 1.54) is 18.4 Å². The van der Waals surface area contributed by atoms with E-state index in [0.717, 1.165) is 24.2 Å². The molecule has 58 valence electrons. The molecule has 0 N–H and O–H groups in total. The lowest BCUT2D eigenvalue weighted by molar-refractivity contribution is -0.122. The minimum absolute atomic E-state index is 0.312. The Morgan fingerprint density at radius 1 is 1.36 bits per heavy atom. The van der Waals surface area contributed by atoms with Crippen LogP contribution in [0.3, 0.4) is 0 Å². The molecule has 1 heteroatoms. The monoisotopic (exact) mass is 148 g/mol. The summed E-state index contributed by atoms with van der Waals surface area (Å²) >= 11 is 0. The quantitative estimate of drug-likeness (QED) is 0.479. The molecule has 3 rings (SSSR count). The molecule has 11 heavy (non-hydrogen) atoms. The molecule has 3 fully saturated rings. The van der Waals surface area contributed by atoms with E-state index >= 15 is 0 Å². The Kier molecular flexibility index (Phi) is 0.869. The Hall–Kier alpha value is -0.590. The van der Waals surface area contributed by atoms with Crippen LogP contribution in [-0.4, -0.2) is 5.78 Å². The molecule has 3 aliphatic carbocycles. The van der Waals surface area contributed by atoms with Gasteiger partial charge in [-0.25, -0.2) is 0 Å². The van der Waals surface area contributed by atoms with Gasteiger partial charge >= 0.3 is 0 Å². The van der Waals surface area contributed by atoms with Gasteiger partial charge in [-0.15, -0.1) is 0 Å². The van der Waals surface area contributed by atoms with Crippen LogP contribution in [0.5, 0.6) is 0 Å². The Balaban J connectivity index is 2.04. The van der Waals surface area contributed by atoms with Crippen LogP contribution in [0.25, 0.3) is 0 Å². The number of carbonyl (C=O) groups excluding carboxylic acids is 1. The fraction of sp³-hybridized carbons (Fsp3) is 0.700. The molecule has 0 amide bonds. The van der Waals surface area contributed by atoms with Crippen LogP contribution in [-0.2, 0) is 4.79 Å². The summed E-state index contributed by atoms with van der Waals surface area (Å²) in [4.78, 5) is 11.4. The van der Waals surface area contributed by atoms with Gasteiger partial charge in [-0.2, -0.15) is 0 Å². The molecule has 0 saturated heterocycles. The van der Waals surface area contributed by atoms with Gasteiger partial charge in [0.1, 0.15) is 5.78 Å². The van der Waals surface area contributed by atoms with Gasteiger partial charge in [-0.1, -0.05) is 12.2 Å². The predicted molar refractivity (Wildman–Crippen MR) is 42.0 cm³/mol. The van der Waals surface area contributed by atoms with Crippen molar-refractivity contribution < 1.29 is 4.79 Å². The third-order valence-corrected chi connectivity index (χ3v) is 3.93. The van der Waals surface area contributed by atoms with E-state index in [0.29, 0.717) is 11.7 Å². The number of ketones is 1. The van der Waals surface area contributed by atoms with E-state index < -0.39 is 0 Å². The predicted octanol–water partition coefficient (Wildman–Crippen LogP) is 1.79. The lowest BCUT2D eigenvalue weighted by Crippen LogP contribution is -2.36. The number of hydrogen-bond acceptors (Lipinski definition) is 1. The second-order valence-electron chi connectivity index (χ2n) is 4.24. The standard InChI is InChI=1S/C10H12O/c1-5-7-3-2-6-4-8(11)9(5)10(6)7/h6-7,9-10H,1-4H2. The Labute approximate surface area is 66.5 Å². The minimum Gasteiger partial charge on any atom is -0.299 e. The lowest BCUT2D eigenvalue weighted by atomic mass is 9.64. The molecule has 0 spiro atoms. The Morgan fingerprint density at radius 3 is 3.00 bits per heavy atom. The van der Waals surface area contributed by atoms with Gasteiger partial charge in [0.05, 0.1) is 0 Å². The van der Waals surface area contributed by atoms with E-state index in [9.17, 15) is 4.79 Å². The summed E-state index contributed by atoms with van der Waals surface area (Å²) in [5.41, 5.74) is 1.26. The third-order valence-electron chi connectivity index (χ3n) is 3.93. The van der Waals surface area contributed by atoms with Crippen LogP contribution in [0, 0.1) is 23.7 Å². The van der Waals surface area contributed by atoms with Crippen molar-refractivity contribution in [3.05, 3.63) is 12.2 Å². The fourth-order valence-corrected chi connectivity index (χ4v) is 3.45. The van der Waals surface area contributed by atoms with Crippen molar-refractivity contribution in [2.75, 3.05) is 0 Å². The molecule has 0 bridgehead atoms. The van der Waals surface area contributed by atoms with Crippen LogP contribution in [0.1, 0.15) is 19.3 Å². The Bertz CT molecular complexity index is 254. The maximum absolute atomic E-state index is 11.4. The van der Waals surface area contributed by atoms with E-state index in [2.05, 4.69) is 6.58 Å². The Morgan fingerprint density at radius 2 is 2.18 bits per heavy atom. The van der Waals surface area contributed by atoms with Crippen molar-refractivity contribution in [1.82, 2.24) is 0 Å². The second-order valence-corrected chi connectivity index (χ2v) is 4.24. The molecule has 0 radical (unpaired) electrons. The molecular formula is C10H12O. The third kappa shape index (κ3) is 0.492. The largest absolute Gasteiger partial charge is 0.299 e. The van der Waals surface area contributed by atoms with Crippen LogP contribution in [0.2, 0.25) is 0 Å². The van der Waals surface area contributed by atoms with Crippen LogP contribution < -0.4 is 0 Å². The van der Waals surface area contributed by atoms with Gasteiger partial charge in [-0.3, -0.25) is 4.79 Å². The van der Waals surface area contributed by atoms with Gasteiger partial charge in [0.2, 0.25) is 0 Å². The maximum atomic E-state index is 11.4. The zero-order chi connectivity index (χ0) is 7.59. The molecule has 0 aromatic carbocycles. The number of Topliss-reactive ketones (excluding diaryl/α,β-unsaturated/α-hetero) is 1. The van der Waals surface area contributed by atoms with Crippen LogP contribution >= 0.6 is 0 Å². The first kappa shape index (κ1) is 5.99. The summed E-state index contributed by atoms with van der Waals surface area (Å²) in [7, 11) is 0. The molecule has 0 aliphatic heterocycles. The molecule has 4 unspecified atom stereocenters. The molecule has 3 saturated carbocycles. The van der Waals surface area contributed by atoms with Gasteiger partial charge in [0.15, 0.2) is 0 Å². The fourth-order valence-electron chi connectivity index (χ4n) is 3.45. The summed E-state index contributed by atoms with van der Waals surface area (Å²) in [6.45, 7) is 4.01. The first-order valence-electron chi connectivity index (χ1n) is 4.50. The second kappa shape index (κ2) is 1.60. The van der Waals surface area contributed by atoms with Gasteiger partial charge < -0.3 is 0 Å². The zero-order valence-corrected chi connectivity index (χ0v) is 6.55. The molecule has 0 aromatic heterocycles. The smallest absolute Gasteiger partial charge is 0.140 e. The highest BCUT2D eigenvalue weighted by atomic mass is 16.1. The highest BCUT2D eigenvalue weighted by Gasteiger charge is 2.59. The summed E-state index contributed by atoms with van der Waals surface area (Å²) in [5, 5.41) is 0. The van der Waals surface area contributed by atoms with E-state index in [1.807, 2.05) is 0 Å². The average Bonchev–Trinajstić information content (AvgIpc) is 2.37. The summed E-state index contributed by atoms with van der Waals surface area (Å²) < 4.78 is 0. The first-order chi connectivity index (χ1) is 5.29. The van der Waals surface area contributed by atoms with Gasteiger partial charge in [0.25, 0.3) is 0 Å². The highest BCUT2D eigenvalue weighted by molar-refractivity contribution is 5.89. The molecule has 1 nitrogen and oxygen atoms in total. The van der Waals surface area contributed by atoms with Crippen molar-refractivity contribution in [2.24, 2.45) is 23.7 Å². The van der Waals surface area contributed by atoms with Crippen molar-refractivity contribution in [2.45, 2.75) is 19.3 Å². The summed E-state index contributed by atoms with van der Waals surface area (Å²) in [6.07, 6.45) is 3.47. The first-order valence-corrected chi connectivity index (χ1v) is 4.50. The number of hydrogen-bond donors (Lipinski definition) is 0. The van der Waals surface area contributed by atoms with Crippen molar-refractivity contribution in [1.29, 1.82) is 0 Å². The number of rotatable bonds is 0. The van der Waals surface area contributed by atoms with E-state index in [4.69, 9.17) is 0 Å². The van der Waals surface area contributed by atoms with E-state index in [-0.39, 0.29) is 0 Å². The van der Waals surface area contributed by atoms with E-state index in [1.54, 1.807) is 0 Å². The summed E-state index contributed by atoms with van der Waals surface area (Å²) in [6, 6.07) is 0. The molecular weight excluding hydrogens is 136 g/mol. The molecule has 3 aliphatic rings. The van der Waals surface area contributed by atoms with Crippen molar-refractivity contribution >= 4 is 5.78 Å². The van der Waals surface area contributed by atoms with Crippen molar-refractivity contribution in [3.8, 4) is 0 Å². The van der Waals surface area contributed by atoms with Gasteiger partial charge in [-0.05, 0) is 30.6 Å². The number of carbonyl (C=O) groups is 1. The van der Waals surface area contributed by atoms with Gasteiger partial charge in [0, 0.05) is 12.3 Å².